The van der Waals surface area contributed by atoms with Crippen LogP contribution in [0.2, 0.25) is 0 Å². The molecule has 94 valence electrons. The summed E-state index contributed by atoms with van der Waals surface area (Å²) in [6, 6.07) is 0. The Labute approximate surface area is 96.8 Å². The number of nitrogens with one attached hydrogen (secondary N) is 1. The summed E-state index contributed by atoms with van der Waals surface area (Å²) in [5, 5.41) is 2.55. The molecule has 0 spiro atoms. The maximum absolute atomic E-state index is 10.9. The van der Waals surface area contributed by atoms with Crippen molar-refractivity contribution < 1.29 is 19.0 Å². The van der Waals surface area contributed by atoms with Crippen LogP contribution in [0, 0.1) is 0 Å². The Morgan fingerprint density at radius 3 is 2.75 bits per heavy atom. The molecule has 0 aromatic carbocycles. The van der Waals surface area contributed by atoms with Crippen LogP contribution in [0.1, 0.15) is 19.8 Å². The maximum Gasteiger partial charge on any atom is 0.407 e. The molecule has 0 rings (SSSR count). The Hall–Kier alpha value is -1.07. The quantitative estimate of drug-likeness (QED) is 0.353. The largest absolute Gasteiger partial charge is 0.450 e. The highest BCUT2D eigenvalue weighted by atomic mass is 16.7. The van der Waals surface area contributed by atoms with E-state index in [1.807, 2.05) is 6.92 Å². The molecule has 0 aliphatic carbocycles. The summed E-state index contributed by atoms with van der Waals surface area (Å²) in [4.78, 5) is 10.9. The van der Waals surface area contributed by atoms with Crippen molar-refractivity contribution in [3.05, 3.63) is 12.7 Å². The van der Waals surface area contributed by atoms with Crippen LogP contribution >= 0.6 is 0 Å². The molecule has 0 fully saturated rings. The van der Waals surface area contributed by atoms with E-state index in [0.717, 1.165) is 12.8 Å². The third-order valence-electron chi connectivity index (χ3n) is 1.64. The van der Waals surface area contributed by atoms with Gasteiger partial charge in [-0.25, -0.2) is 4.79 Å². The summed E-state index contributed by atoms with van der Waals surface area (Å²) in [6.45, 7) is 7.75. The zero-order valence-corrected chi connectivity index (χ0v) is 9.87. The van der Waals surface area contributed by atoms with Gasteiger partial charge in [-0.2, -0.15) is 0 Å². The Balaban J connectivity index is 3.03. The monoisotopic (exact) mass is 231 g/mol. The molecule has 0 saturated heterocycles. The van der Waals surface area contributed by atoms with Gasteiger partial charge in [-0.05, 0) is 19.8 Å². The third kappa shape index (κ3) is 11.0. The molecule has 0 bridgehead atoms. The molecule has 1 N–H and O–H groups in total. The highest BCUT2D eigenvalue weighted by Crippen LogP contribution is 1.92. The molecule has 0 aliphatic heterocycles. The zero-order valence-electron chi connectivity index (χ0n) is 9.87. The Morgan fingerprint density at radius 2 is 2.06 bits per heavy atom. The summed E-state index contributed by atoms with van der Waals surface area (Å²) in [5.41, 5.74) is 0. The third-order valence-corrected chi connectivity index (χ3v) is 1.64. The second-order valence-corrected chi connectivity index (χ2v) is 3.06. The molecular weight excluding hydrogens is 210 g/mol. The summed E-state index contributed by atoms with van der Waals surface area (Å²) < 4.78 is 15.1. The molecular formula is C11H21NO4. The van der Waals surface area contributed by atoms with Crippen LogP contribution < -0.4 is 5.32 Å². The highest BCUT2D eigenvalue weighted by molar-refractivity contribution is 5.66. The van der Waals surface area contributed by atoms with E-state index in [1.54, 1.807) is 6.08 Å². The number of alkyl carbamates (subject to hydrolysis) is 1. The Morgan fingerprint density at radius 1 is 1.31 bits per heavy atom. The van der Waals surface area contributed by atoms with Gasteiger partial charge >= 0.3 is 6.09 Å². The second-order valence-electron chi connectivity index (χ2n) is 3.06. The van der Waals surface area contributed by atoms with Crippen molar-refractivity contribution in [2.24, 2.45) is 0 Å². The van der Waals surface area contributed by atoms with Crippen molar-refractivity contribution in [2.45, 2.75) is 19.8 Å². The second kappa shape index (κ2) is 12.0. The molecule has 16 heavy (non-hydrogen) atoms. The lowest BCUT2D eigenvalue weighted by Gasteiger charge is -2.05. The van der Waals surface area contributed by atoms with E-state index in [9.17, 15) is 4.79 Å². The maximum atomic E-state index is 10.9. The van der Waals surface area contributed by atoms with Crippen molar-refractivity contribution in [3.8, 4) is 0 Å². The van der Waals surface area contributed by atoms with Crippen LogP contribution in [0.25, 0.3) is 0 Å². The van der Waals surface area contributed by atoms with Gasteiger partial charge in [0, 0.05) is 13.2 Å². The van der Waals surface area contributed by atoms with E-state index in [1.165, 1.54) is 0 Å². The number of carbonyl (C=O) groups is 1. The number of ether oxygens (including phenoxy) is 3. The van der Waals surface area contributed by atoms with Gasteiger partial charge in [0.2, 0.25) is 0 Å². The molecule has 5 nitrogen and oxygen atoms in total. The Kier molecular flexibility index (Phi) is 11.2. The molecule has 0 unspecified atom stereocenters. The first kappa shape index (κ1) is 14.9. The fraction of sp³-hybridized carbons (Fsp3) is 0.727. The van der Waals surface area contributed by atoms with E-state index in [0.29, 0.717) is 26.4 Å². The zero-order chi connectivity index (χ0) is 12.1. The minimum atomic E-state index is -0.363. The minimum absolute atomic E-state index is 0.281. The van der Waals surface area contributed by atoms with Crippen LogP contribution in [0.3, 0.4) is 0 Å². The first-order valence-electron chi connectivity index (χ1n) is 5.48. The van der Waals surface area contributed by atoms with Gasteiger partial charge < -0.3 is 19.5 Å². The molecule has 0 atom stereocenters. The average molecular weight is 231 g/mol. The minimum Gasteiger partial charge on any atom is -0.450 e. The molecule has 1 amide bonds. The van der Waals surface area contributed by atoms with Crippen LogP contribution in [0.4, 0.5) is 4.79 Å². The van der Waals surface area contributed by atoms with Crippen LogP contribution in [-0.4, -0.2) is 39.3 Å². The summed E-state index contributed by atoms with van der Waals surface area (Å²) in [7, 11) is 0. The van der Waals surface area contributed by atoms with Gasteiger partial charge in [-0.15, -0.1) is 6.58 Å². The van der Waals surface area contributed by atoms with Gasteiger partial charge in [0.1, 0.15) is 6.79 Å². The summed E-state index contributed by atoms with van der Waals surface area (Å²) in [5.74, 6) is 0. The van der Waals surface area contributed by atoms with Gasteiger partial charge in [-0.1, -0.05) is 6.08 Å². The summed E-state index contributed by atoms with van der Waals surface area (Å²) in [6.07, 6.45) is 2.94. The van der Waals surface area contributed by atoms with E-state index in [2.05, 4.69) is 11.9 Å². The van der Waals surface area contributed by atoms with Crippen molar-refractivity contribution in [2.75, 3.05) is 33.2 Å². The van der Waals surface area contributed by atoms with Crippen molar-refractivity contribution in [1.29, 1.82) is 0 Å². The normalized spacial score (nSPS) is 9.81. The predicted octanol–water partition coefficient (Wildman–Crippen LogP) is 1.69. The van der Waals surface area contributed by atoms with E-state index >= 15 is 0 Å². The topological polar surface area (TPSA) is 56.8 Å². The van der Waals surface area contributed by atoms with E-state index < -0.39 is 0 Å². The fourth-order valence-corrected chi connectivity index (χ4v) is 0.916. The standard InChI is InChI=1S/C11H21NO4/c1-3-7-14-10-15-8-5-6-9-16-11(13)12-4-2/h3H,1,4-10H2,2H3,(H,12,13). The lowest BCUT2D eigenvalue weighted by Crippen LogP contribution is -2.24. The van der Waals surface area contributed by atoms with Gasteiger partial charge in [-0.3, -0.25) is 0 Å². The molecule has 0 aromatic heterocycles. The number of carbonyl (C=O) groups excluding carboxylic acids is 1. The SMILES string of the molecule is C=CCOCOCCCCOC(=O)NCC. The molecule has 0 aromatic rings. The number of amides is 1. The van der Waals surface area contributed by atoms with Crippen molar-refractivity contribution in [3.63, 3.8) is 0 Å². The Bertz CT molecular complexity index is 185. The molecule has 0 radical (unpaired) electrons. The molecule has 0 saturated carbocycles. The number of hydrogen-bond donors (Lipinski definition) is 1. The molecule has 0 heterocycles. The van der Waals surface area contributed by atoms with Gasteiger partial charge in [0.05, 0.1) is 13.2 Å². The van der Waals surface area contributed by atoms with Crippen LogP contribution in [0.5, 0.6) is 0 Å². The van der Waals surface area contributed by atoms with Crippen molar-refractivity contribution >= 4 is 6.09 Å². The van der Waals surface area contributed by atoms with E-state index in [4.69, 9.17) is 14.2 Å². The molecule has 5 heteroatoms. The summed E-state index contributed by atoms with van der Waals surface area (Å²) >= 11 is 0. The first-order valence-corrected chi connectivity index (χ1v) is 5.48. The number of unbranched alkanes of at least 4 members (excludes halogenated alkanes) is 1. The first-order chi connectivity index (χ1) is 7.81. The lowest BCUT2D eigenvalue weighted by molar-refractivity contribution is -0.0454. The van der Waals surface area contributed by atoms with Gasteiger partial charge in [0.25, 0.3) is 0 Å². The number of rotatable bonds is 10. The smallest absolute Gasteiger partial charge is 0.407 e. The molecule has 0 aliphatic rings. The van der Waals surface area contributed by atoms with Crippen LogP contribution in [0.15, 0.2) is 12.7 Å². The average Bonchev–Trinajstić information content (AvgIpc) is 2.27. The lowest BCUT2D eigenvalue weighted by atomic mass is 10.3. The fourth-order valence-electron chi connectivity index (χ4n) is 0.916. The number of hydrogen-bond acceptors (Lipinski definition) is 4. The van der Waals surface area contributed by atoms with Crippen LogP contribution in [-0.2, 0) is 14.2 Å². The highest BCUT2D eigenvalue weighted by Gasteiger charge is 1.98. The van der Waals surface area contributed by atoms with Gasteiger partial charge in [0.15, 0.2) is 0 Å². The van der Waals surface area contributed by atoms with E-state index in [-0.39, 0.29) is 12.9 Å². The van der Waals surface area contributed by atoms with Crippen molar-refractivity contribution in [1.82, 2.24) is 5.32 Å². The predicted molar refractivity (Wildman–Crippen MR) is 61.2 cm³/mol.